The molecule has 106 valence electrons. The molecule has 0 saturated carbocycles. The zero-order valence-corrected chi connectivity index (χ0v) is 12.4. The van der Waals surface area contributed by atoms with Gasteiger partial charge in [-0.2, -0.15) is 0 Å². The largest absolute Gasteiger partial charge is 0.310 e. The fourth-order valence-corrected chi connectivity index (χ4v) is 2.52. The van der Waals surface area contributed by atoms with Crippen molar-refractivity contribution < 1.29 is 4.39 Å². The minimum atomic E-state index is -0.335. The number of nitrogens with one attached hydrogen (secondary N) is 1. The summed E-state index contributed by atoms with van der Waals surface area (Å²) in [7, 11) is 0. The van der Waals surface area contributed by atoms with Crippen molar-refractivity contribution in [3.63, 3.8) is 0 Å². The maximum Gasteiger partial charge on any atom is 0.145 e. The van der Waals surface area contributed by atoms with Gasteiger partial charge in [0.1, 0.15) is 5.82 Å². The summed E-state index contributed by atoms with van der Waals surface area (Å²) in [5.41, 5.74) is 2.67. The molecule has 0 aliphatic carbocycles. The lowest BCUT2D eigenvalue weighted by Crippen LogP contribution is -2.24. The maximum absolute atomic E-state index is 14.0. The predicted molar refractivity (Wildman–Crippen MR) is 80.5 cm³/mol. The van der Waals surface area contributed by atoms with Gasteiger partial charge in [0.25, 0.3) is 0 Å². The Balaban J connectivity index is 2.31. The van der Waals surface area contributed by atoms with Crippen LogP contribution in [0.2, 0.25) is 5.02 Å². The fourth-order valence-electron chi connectivity index (χ4n) is 2.33. The molecule has 4 heteroatoms. The zero-order valence-electron chi connectivity index (χ0n) is 11.7. The summed E-state index contributed by atoms with van der Waals surface area (Å²) >= 11 is 5.84. The fraction of sp³-hybridized carbons (Fsp3) is 0.312. The number of hydrogen-bond acceptors (Lipinski definition) is 2. The van der Waals surface area contributed by atoms with Crippen molar-refractivity contribution in [3.05, 3.63) is 64.2 Å². The minimum Gasteiger partial charge on any atom is -0.310 e. The van der Waals surface area contributed by atoms with E-state index >= 15 is 0 Å². The second-order valence-electron chi connectivity index (χ2n) is 4.71. The van der Waals surface area contributed by atoms with E-state index in [-0.39, 0.29) is 16.9 Å². The van der Waals surface area contributed by atoms with Gasteiger partial charge in [-0.05, 0) is 43.1 Å². The molecule has 1 heterocycles. The summed E-state index contributed by atoms with van der Waals surface area (Å²) in [5.74, 6) is -0.335. The molecule has 2 aromatic rings. The highest BCUT2D eigenvalue weighted by molar-refractivity contribution is 6.30. The lowest BCUT2D eigenvalue weighted by Gasteiger charge is -2.20. The standard InChI is InChI=1S/C16H18ClFN2/c1-3-19-15(13-7-5-9-20-11(13)2)10-12-6-4-8-14(17)16(12)18/h4-9,15,19H,3,10H2,1-2H3. The van der Waals surface area contributed by atoms with Crippen molar-refractivity contribution in [3.8, 4) is 0 Å². The molecule has 0 aliphatic heterocycles. The van der Waals surface area contributed by atoms with Crippen LogP contribution in [-0.4, -0.2) is 11.5 Å². The summed E-state index contributed by atoms with van der Waals surface area (Å²) in [4.78, 5) is 4.30. The molecule has 0 fully saturated rings. The van der Waals surface area contributed by atoms with Crippen LogP contribution in [0.5, 0.6) is 0 Å². The molecule has 0 aliphatic rings. The van der Waals surface area contributed by atoms with E-state index in [0.29, 0.717) is 12.0 Å². The topological polar surface area (TPSA) is 24.9 Å². The van der Waals surface area contributed by atoms with E-state index in [1.165, 1.54) is 0 Å². The molecule has 1 aromatic heterocycles. The number of nitrogens with zero attached hydrogens (tertiary/aromatic N) is 1. The third-order valence-corrected chi connectivity index (χ3v) is 3.62. The second-order valence-corrected chi connectivity index (χ2v) is 5.11. The van der Waals surface area contributed by atoms with Crippen molar-refractivity contribution in [1.82, 2.24) is 10.3 Å². The number of rotatable bonds is 5. The van der Waals surface area contributed by atoms with Gasteiger partial charge in [0.15, 0.2) is 0 Å². The Morgan fingerprint density at radius 2 is 2.10 bits per heavy atom. The number of benzene rings is 1. The Labute approximate surface area is 124 Å². The first-order valence-electron chi connectivity index (χ1n) is 6.71. The first-order valence-corrected chi connectivity index (χ1v) is 7.09. The molecule has 2 nitrogen and oxygen atoms in total. The highest BCUT2D eigenvalue weighted by atomic mass is 35.5. The Hall–Kier alpha value is -1.45. The van der Waals surface area contributed by atoms with Gasteiger partial charge in [-0.3, -0.25) is 4.98 Å². The van der Waals surface area contributed by atoms with E-state index < -0.39 is 0 Å². The van der Waals surface area contributed by atoms with Crippen LogP contribution in [0.25, 0.3) is 0 Å². The third-order valence-electron chi connectivity index (χ3n) is 3.33. The molecule has 1 aromatic carbocycles. The lowest BCUT2D eigenvalue weighted by atomic mass is 9.97. The monoisotopic (exact) mass is 292 g/mol. The summed E-state index contributed by atoms with van der Waals surface area (Å²) < 4.78 is 14.0. The molecular weight excluding hydrogens is 275 g/mol. The van der Waals surface area contributed by atoms with Crippen molar-refractivity contribution >= 4 is 11.6 Å². The van der Waals surface area contributed by atoms with Gasteiger partial charge < -0.3 is 5.32 Å². The van der Waals surface area contributed by atoms with Crippen LogP contribution in [0.1, 0.15) is 29.8 Å². The predicted octanol–water partition coefficient (Wildman–Crippen LogP) is 4.08. The van der Waals surface area contributed by atoms with E-state index in [1.807, 2.05) is 26.0 Å². The maximum atomic E-state index is 14.0. The van der Waals surface area contributed by atoms with Crippen LogP contribution in [0.3, 0.4) is 0 Å². The van der Waals surface area contributed by atoms with Crippen molar-refractivity contribution in [2.75, 3.05) is 6.54 Å². The number of aromatic nitrogens is 1. The molecular formula is C16H18ClFN2. The molecule has 1 atom stereocenters. The summed E-state index contributed by atoms with van der Waals surface area (Å²) in [6.45, 7) is 4.81. The first-order chi connectivity index (χ1) is 9.63. The van der Waals surface area contributed by atoms with E-state index in [2.05, 4.69) is 10.3 Å². The van der Waals surface area contributed by atoms with Gasteiger partial charge in [-0.25, -0.2) is 4.39 Å². The SMILES string of the molecule is CCNC(Cc1cccc(Cl)c1F)c1cccnc1C. The van der Waals surface area contributed by atoms with Gasteiger partial charge in [0.2, 0.25) is 0 Å². The summed E-state index contributed by atoms with van der Waals surface area (Å²) in [6.07, 6.45) is 2.31. The van der Waals surface area contributed by atoms with Gasteiger partial charge in [0.05, 0.1) is 5.02 Å². The average molecular weight is 293 g/mol. The molecule has 20 heavy (non-hydrogen) atoms. The highest BCUT2D eigenvalue weighted by Crippen LogP contribution is 2.25. The van der Waals surface area contributed by atoms with Gasteiger partial charge in [-0.15, -0.1) is 0 Å². The third kappa shape index (κ3) is 3.35. The van der Waals surface area contributed by atoms with Gasteiger partial charge in [-0.1, -0.05) is 36.7 Å². The molecule has 0 radical (unpaired) electrons. The van der Waals surface area contributed by atoms with Crippen molar-refractivity contribution in [1.29, 1.82) is 0 Å². The zero-order chi connectivity index (χ0) is 14.5. The number of pyridine rings is 1. The van der Waals surface area contributed by atoms with E-state index in [9.17, 15) is 4.39 Å². The van der Waals surface area contributed by atoms with E-state index in [0.717, 1.165) is 17.8 Å². The Morgan fingerprint density at radius 3 is 2.80 bits per heavy atom. The van der Waals surface area contributed by atoms with E-state index in [1.54, 1.807) is 24.4 Å². The number of hydrogen-bond donors (Lipinski definition) is 1. The minimum absolute atomic E-state index is 0.0293. The summed E-state index contributed by atoms with van der Waals surface area (Å²) in [5, 5.41) is 3.55. The Bertz CT molecular complexity index is 586. The molecule has 0 spiro atoms. The molecule has 0 amide bonds. The van der Waals surface area contributed by atoms with Crippen LogP contribution in [-0.2, 0) is 6.42 Å². The number of likely N-dealkylation sites (N-methyl/N-ethyl adjacent to an activating group) is 1. The van der Waals surface area contributed by atoms with Crippen molar-refractivity contribution in [2.45, 2.75) is 26.3 Å². The van der Waals surface area contributed by atoms with Crippen LogP contribution < -0.4 is 5.32 Å². The van der Waals surface area contributed by atoms with Gasteiger partial charge >= 0.3 is 0 Å². The quantitative estimate of drug-likeness (QED) is 0.898. The molecule has 0 bridgehead atoms. The van der Waals surface area contributed by atoms with Gasteiger partial charge in [0, 0.05) is 17.9 Å². The highest BCUT2D eigenvalue weighted by Gasteiger charge is 2.16. The Kier molecular flexibility index (Phi) is 5.10. The normalized spacial score (nSPS) is 12.4. The summed E-state index contributed by atoms with van der Waals surface area (Å²) in [6, 6.07) is 9.08. The van der Waals surface area contributed by atoms with Crippen LogP contribution in [0.15, 0.2) is 36.5 Å². The molecule has 1 unspecified atom stereocenters. The van der Waals surface area contributed by atoms with Crippen LogP contribution >= 0.6 is 11.6 Å². The average Bonchev–Trinajstić information content (AvgIpc) is 2.44. The molecule has 0 saturated heterocycles. The smallest absolute Gasteiger partial charge is 0.145 e. The molecule has 1 N–H and O–H groups in total. The van der Waals surface area contributed by atoms with E-state index in [4.69, 9.17) is 11.6 Å². The van der Waals surface area contributed by atoms with Crippen LogP contribution in [0, 0.1) is 12.7 Å². The van der Waals surface area contributed by atoms with Crippen LogP contribution in [0.4, 0.5) is 4.39 Å². The molecule has 2 rings (SSSR count). The lowest BCUT2D eigenvalue weighted by molar-refractivity contribution is 0.524. The number of halogens is 2. The first kappa shape index (κ1) is 14.9. The second kappa shape index (κ2) is 6.82. The Morgan fingerprint density at radius 1 is 1.30 bits per heavy atom. The number of aryl methyl sites for hydroxylation is 1. The van der Waals surface area contributed by atoms with Crippen molar-refractivity contribution in [2.24, 2.45) is 0 Å².